The lowest BCUT2D eigenvalue weighted by Gasteiger charge is -2.01. The minimum absolute atomic E-state index is 0.00719. The number of fused-ring (bicyclic) bond motifs is 1. The molecule has 0 unspecified atom stereocenters. The minimum atomic E-state index is -0.00719. The van der Waals surface area contributed by atoms with Crippen LogP contribution in [0.1, 0.15) is 11.4 Å². The van der Waals surface area contributed by atoms with Crippen molar-refractivity contribution in [2.24, 2.45) is 0 Å². The van der Waals surface area contributed by atoms with Crippen molar-refractivity contribution in [1.29, 1.82) is 0 Å². The zero-order chi connectivity index (χ0) is 7.68. The van der Waals surface area contributed by atoms with Crippen molar-refractivity contribution in [3.8, 4) is 0 Å². The van der Waals surface area contributed by atoms with E-state index in [0.29, 0.717) is 0 Å². The fraction of sp³-hybridized carbons (Fsp3) is 0.125. The zero-order valence-corrected chi connectivity index (χ0v) is 8.24. The lowest BCUT2D eigenvalue weighted by molar-refractivity contribution is 1.07. The Morgan fingerprint density at radius 2 is 2.36 bits per heavy atom. The van der Waals surface area contributed by atoms with Crippen LogP contribution in [0.4, 0.5) is 0 Å². The zero-order valence-electron chi connectivity index (χ0n) is 6.08. The van der Waals surface area contributed by atoms with E-state index in [1.807, 2.05) is 19.2 Å². The highest BCUT2D eigenvalue weighted by Gasteiger charge is 2.01. The van der Waals surface area contributed by atoms with Crippen molar-refractivity contribution >= 4 is 30.8 Å². The molecule has 56 valence electrons. The minimum Gasteiger partial charge on any atom is -0.252 e. The van der Waals surface area contributed by atoms with Crippen LogP contribution in [0.2, 0.25) is 0 Å². The van der Waals surface area contributed by atoms with Gasteiger partial charge in [0, 0.05) is 6.20 Å². The fourth-order valence-corrected chi connectivity index (χ4v) is 2.79. The molecule has 1 aromatic rings. The van der Waals surface area contributed by atoms with Crippen molar-refractivity contribution in [2.75, 3.05) is 0 Å². The average Bonchev–Trinajstić information content (AvgIpc) is 2.04. The third kappa shape index (κ3) is 1.38. The molecule has 11 heavy (non-hydrogen) atoms. The van der Waals surface area contributed by atoms with E-state index in [-0.39, 0.29) is 20.7 Å². The van der Waals surface area contributed by atoms with Crippen LogP contribution in [0.25, 0.3) is 6.08 Å². The summed E-state index contributed by atoms with van der Waals surface area (Å²) in [7, 11) is 0. The summed E-state index contributed by atoms with van der Waals surface area (Å²) in [5.74, 6) is 0. The standard InChI is InChI=1S/C8H7IN2/c1-6-5-10-7-3-2-4-9-8(7)11-6/h2-5H,1H3. The summed E-state index contributed by atoms with van der Waals surface area (Å²) in [6, 6.07) is 0. The molecule has 0 atom stereocenters. The molecule has 0 saturated heterocycles. The van der Waals surface area contributed by atoms with Gasteiger partial charge in [-0.1, -0.05) is 26.8 Å². The maximum Gasteiger partial charge on any atom is 0.121 e. The molecular weight excluding hydrogens is 251 g/mol. The van der Waals surface area contributed by atoms with Gasteiger partial charge in [0.2, 0.25) is 0 Å². The van der Waals surface area contributed by atoms with E-state index in [2.05, 4.69) is 20.1 Å². The molecule has 0 aromatic carbocycles. The molecule has 2 nitrogen and oxygen atoms in total. The Morgan fingerprint density at radius 3 is 3.27 bits per heavy atom. The second-order valence-corrected chi connectivity index (χ2v) is 4.65. The van der Waals surface area contributed by atoms with Gasteiger partial charge in [-0.05, 0) is 17.0 Å². The third-order valence-electron chi connectivity index (χ3n) is 1.37. The number of aromatic nitrogens is 2. The molecule has 1 aromatic heterocycles. The van der Waals surface area contributed by atoms with Crippen LogP contribution in [0.5, 0.6) is 0 Å². The van der Waals surface area contributed by atoms with Crippen LogP contribution < -0.4 is 0 Å². The van der Waals surface area contributed by atoms with Gasteiger partial charge in [0.15, 0.2) is 0 Å². The first-order chi connectivity index (χ1) is 5.36. The molecule has 0 fully saturated rings. The van der Waals surface area contributed by atoms with Gasteiger partial charge in [-0.2, -0.15) is 0 Å². The summed E-state index contributed by atoms with van der Waals surface area (Å²) in [5, 5.41) is 0. The van der Waals surface area contributed by atoms with Crippen LogP contribution in [0, 0.1) is 10.6 Å². The normalized spacial score (nSPS) is 13.9. The summed E-state index contributed by atoms with van der Waals surface area (Å²) in [5.41, 5.74) is 2.08. The first-order valence-corrected chi connectivity index (χ1v) is 5.65. The highest BCUT2D eigenvalue weighted by Crippen LogP contribution is 2.17. The number of nitrogens with zero attached hydrogens (tertiary/aromatic N) is 2. The van der Waals surface area contributed by atoms with Crippen LogP contribution in [-0.4, -0.2) is 14.0 Å². The average molecular weight is 258 g/mol. The van der Waals surface area contributed by atoms with Crippen molar-refractivity contribution < 1.29 is 0 Å². The van der Waals surface area contributed by atoms with Crippen LogP contribution in [0.15, 0.2) is 12.3 Å². The van der Waals surface area contributed by atoms with E-state index in [4.69, 9.17) is 0 Å². The van der Waals surface area contributed by atoms with E-state index in [1.165, 1.54) is 3.70 Å². The molecule has 0 radical (unpaired) electrons. The van der Waals surface area contributed by atoms with Gasteiger partial charge in [0.05, 0.1) is 11.4 Å². The molecule has 1 aliphatic heterocycles. The van der Waals surface area contributed by atoms with Crippen molar-refractivity contribution in [1.82, 2.24) is 9.97 Å². The second kappa shape index (κ2) is 2.81. The lowest BCUT2D eigenvalue weighted by Crippen LogP contribution is -1.95. The maximum atomic E-state index is 4.42. The Kier molecular flexibility index (Phi) is 1.81. The number of rotatable bonds is 0. The first kappa shape index (κ1) is 7.09. The molecule has 1 aliphatic rings. The van der Waals surface area contributed by atoms with Crippen LogP contribution in [-0.2, 0) is 0 Å². The summed E-state index contributed by atoms with van der Waals surface area (Å²) in [6.07, 6.45) is 5.91. The molecule has 0 amide bonds. The Bertz CT molecular complexity index is 342. The van der Waals surface area contributed by atoms with Crippen LogP contribution >= 0.6 is 20.7 Å². The van der Waals surface area contributed by atoms with Gasteiger partial charge in [-0.15, -0.1) is 0 Å². The summed E-state index contributed by atoms with van der Waals surface area (Å²) in [6.45, 7) is 1.98. The van der Waals surface area contributed by atoms with Gasteiger partial charge in [-0.25, -0.2) is 4.98 Å². The van der Waals surface area contributed by atoms with E-state index in [9.17, 15) is 0 Å². The van der Waals surface area contributed by atoms with Gasteiger partial charge in [0.1, 0.15) is 3.70 Å². The number of hydrogen-bond acceptors (Lipinski definition) is 2. The van der Waals surface area contributed by atoms with E-state index in [0.717, 1.165) is 11.4 Å². The largest absolute Gasteiger partial charge is 0.252 e. The monoisotopic (exact) mass is 258 g/mol. The SMILES string of the molecule is Cc1cnc2c(n1)I=CC=C2. The number of aryl methyl sites for hydroxylation is 1. The number of hydrogen-bond donors (Lipinski definition) is 0. The van der Waals surface area contributed by atoms with Crippen molar-refractivity contribution in [2.45, 2.75) is 6.92 Å². The first-order valence-electron chi connectivity index (χ1n) is 3.33. The molecule has 0 bridgehead atoms. The van der Waals surface area contributed by atoms with E-state index in [1.54, 1.807) is 0 Å². The fourth-order valence-electron chi connectivity index (χ4n) is 0.873. The quantitative estimate of drug-likeness (QED) is 0.662. The molecule has 0 saturated carbocycles. The Balaban J connectivity index is 2.63. The van der Waals surface area contributed by atoms with E-state index < -0.39 is 0 Å². The molecule has 0 aliphatic carbocycles. The lowest BCUT2D eigenvalue weighted by atomic mass is 10.4. The molecule has 0 spiro atoms. The predicted octanol–water partition coefficient (Wildman–Crippen LogP) is 1.75. The van der Waals surface area contributed by atoms with Gasteiger partial charge >= 0.3 is 0 Å². The Hall–Kier alpha value is -0.580. The third-order valence-corrected chi connectivity index (χ3v) is 3.53. The van der Waals surface area contributed by atoms with Gasteiger partial charge in [-0.3, -0.25) is 4.98 Å². The molecule has 3 heteroatoms. The Morgan fingerprint density at radius 1 is 1.45 bits per heavy atom. The predicted molar refractivity (Wildman–Crippen MR) is 54.6 cm³/mol. The number of allylic oxidation sites excluding steroid dienone is 1. The molecular formula is C8H7IN2. The van der Waals surface area contributed by atoms with Crippen molar-refractivity contribution in [3.05, 3.63) is 27.4 Å². The number of halogens is 1. The second-order valence-electron chi connectivity index (χ2n) is 2.28. The molecule has 2 heterocycles. The highest BCUT2D eigenvalue weighted by molar-refractivity contribution is 14.2. The summed E-state index contributed by atoms with van der Waals surface area (Å²) in [4.78, 5) is 8.69. The maximum absolute atomic E-state index is 4.42. The van der Waals surface area contributed by atoms with Crippen LogP contribution in [0.3, 0.4) is 0 Å². The van der Waals surface area contributed by atoms with Crippen molar-refractivity contribution in [3.63, 3.8) is 0 Å². The molecule has 0 N–H and O–H groups in total. The highest BCUT2D eigenvalue weighted by atomic mass is 127. The van der Waals surface area contributed by atoms with Gasteiger partial charge < -0.3 is 0 Å². The summed E-state index contributed by atoms with van der Waals surface area (Å²) >= 11 is -0.00719. The summed E-state index contributed by atoms with van der Waals surface area (Å²) < 4.78 is 3.40. The topological polar surface area (TPSA) is 25.8 Å². The molecule has 2 rings (SSSR count). The smallest absolute Gasteiger partial charge is 0.121 e. The van der Waals surface area contributed by atoms with Gasteiger partial charge in [0.25, 0.3) is 0 Å². The van der Waals surface area contributed by atoms with E-state index >= 15 is 0 Å². The Labute approximate surface area is 75.1 Å².